The molecule has 4 rings (SSSR count). The number of anilines is 2. The van der Waals surface area contributed by atoms with Crippen LogP contribution in [-0.2, 0) is 19.6 Å². The third kappa shape index (κ3) is 4.77. The summed E-state index contributed by atoms with van der Waals surface area (Å²) in [5.41, 5.74) is 2.22. The number of hydrogen-bond donors (Lipinski definition) is 2. The van der Waals surface area contributed by atoms with Gasteiger partial charge in [0.1, 0.15) is 5.84 Å². The Hall–Kier alpha value is -3.20. The number of amidine groups is 1. The fraction of sp³-hybridized carbons (Fsp3) is 0.318. The first-order valence-corrected chi connectivity index (χ1v) is 11.6. The minimum Gasteiger partial charge on any atom is -0.326 e. The van der Waals surface area contributed by atoms with Gasteiger partial charge in [0, 0.05) is 37.3 Å². The molecule has 1 fully saturated rings. The van der Waals surface area contributed by atoms with E-state index in [4.69, 9.17) is 0 Å². The van der Waals surface area contributed by atoms with Crippen LogP contribution in [0.4, 0.5) is 11.4 Å². The number of carbonyl (C=O) groups is 2. The number of carbonyl (C=O) groups excluding carboxylic acids is 2. The third-order valence-corrected chi connectivity index (χ3v) is 6.76. The monoisotopic (exact) mass is 440 g/mol. The molecule has 1 saturated heterocycles. The van der Waals surface area contributed by atoms with Gasteiger partial charge in [-0.2, -0.15) is 0 Å². The average molecular weight is 441 g/mol. The first-order valence-electron chi connectivity index (χ1n) is 10.2. The van der Waals surface area contributed by atoms with Crippen LogP contribution in [0.5, 0.6) is 0 Å². The molecule has 1 atom stereocenters. The summed E-state index contributed by atoms with van der Waals surface area (Å²) >= 11 is 0. The van der Waals surface area contributed by atoms with Gasteiger partial charge >= 0.3 is 0 Å². The standard InChI is InChI=1S/C22H24N4O4S/c1-15-7-9-18(10-8-15)26-14-16(12-21(26)27)22(28)24-17-4-2-5-19(13-17)31(29,30)25-20-6-3-11-23-20/h2,4-5,7-10,13,16H,3,6,11-12,14H2,1H3,(H,23,25)(H,24,28)/t16-/m1/s1. The molecule has 0 aromatic heterocycles. The molecule has 0 aliphatic carbocycles. The normalized spacial score (nSPS) is 18.7. The molecule has 2 aromatic carbocycles. The second kappa shape index (κ2) is 8.50. The van der Waals surface area contributed by atoms with E-state index < -0.39 is 15.9 Å². The molecule has 2 heterocycles. The second-order valence-corrected chi connectivity index (χ2v) is 9.48. The molecular weight excluding hydrogens is 416 g/mol. The highest BCUT2D eigenvalue weighted by molar-refractivity contribution is 7.90. The number of benzene rings is 2. The molecule has 2 aliphatic rings. The lowest BCUT2D eigenvalue weighted by atomic mass is 10.1. The minimum atomic E-state index is -3.77. The summed E-state index contributed by atoms with van der Waals surface area (Å²) in [6.45, 7) is 2.87. The van der Waals surface area contributed by atoms with Crippen molar-refractivity contribution in [2.75, 3.05) is 23.3 Å². The number of amides is 2. The molecule has 0 bridgehead atoms. The van der Waals surface area contributed by atoms with Gasteiger partial charge in [-0.15, -0.1) is 0 Å². The van der Waals surface area contributed by atoms with E-state index in [9.17, 15) is 18.0 Å². The molecule has 2 aromatic rings. The van der Waals surface area contributed by atoms with Crippen LogP contribution in [0.1, 0.15) is 24.8 Å². The Morgan fingerprint density at radius 3 is 2.65 bits per heavy atom. The van der Waals surface area contributed by atoms with E-state index in [2.05, 4.69) is 15.0 Å². The Balaban J connectivity index is 1.43. The number of aliphatic imine (C=N–C) groups is 1. The maximum Gasteiger partial charge on any atom is 0.262 e. The van der Waals surface area contributed by atoms with Gasteiger partial charge in [0.2, 0.25) is 11.8 Å². The summed E-state index contributed by atoms with van der Waals surface area (Å²) in [7, 11) is -3.77. The number of sulfonamides is 1. The van der Waals surface area contributed by atoms with Gasteiger partial charge in [-0.25, -0.2) is 8.42 Å². The van der Waals surface area contributed by atoms with E-state index >= 15 is 0 Å². The molecule has 2 aliphatic heterocycles. The minimum absolute atomic E-state index is 0.0451. The largest absolute Gasteiger partial charge is 0.326 e. The molecule has 2 amide bonds. The van der Waals surface area contributed by atoms with Gasteiger partial charge in [0.15, 0.2) is 0 Å². The number of nitrogens with one attached hydrogen (secondary N) is 2. The fourth-order valence-electron chi connectivity index (χ4n) is 3.68. The molecule has 8 nitrogen and oxygen atoms in total. The Bertz CT molecular complexity index is 1140. The zero-order valence-electron chi connectivity index (χ0n) is 17.2. The zero-order chi connectivity index (χ0) is 22.0. The molecule has 31 heavy (non-hydrogen) atoms. The first-order chi connectivity index (χ1) is 14.8. The van der Waals surface area contributed by atoms with Crippen molar-refractivity contribution in [1.82, 2.24) is 4.72 Å². The van der Waals surface area contributed by atoms with Gasteiger partial charge in [-0.05, 0) is 43.7 Å². The van der Waals surface area contributed by atoms with Crippen molar-refractivity contribution in [1.29, 1.82) is 0 Å². The number of nitrogens with zero attached hydrogens (tertiary/aromatic N) is 2. The van der Waals surface area contributed by atoms with Gasteiger partial charge < -0.3 is 10.2 Å². The Kier molecular flexibility index (Phi) is 5.77. The predicted molar refractivity (Wildman–Crippen MR) is 119 cm³/mol. The highest BCUT2D eigenvalue weighted by Crippen LogP contribution is 2.26. The molecule has 0 spiro atoms. The lowest BCUT2D eigenvalue weighted by molar-refractivity contribution is -0.122. The van der Waals surface area contributed by atoms with E-state index in [0.717, 1.165) is 17.7 Å². The summed E-state index contributed by atoms with van der Waals surface area (Å²) in [4.78, 5) is 31.0. The number of aryl methyl sites for hydroxylation is 1. The van der Waals surface area contributed by atoms with Crippen LogP contribution >= 0.6 is 0 Å². The summed E-state index contributed by atoms with van der Waals surface area (Å²) in [5.74, 6) is -0.484. The number of rotatable bonds is 5. The van der Waals surface area contributed by atoms with Crippen molar-refractivity contribution in [3.8, 4) is 0 Å². The number of hydrogen-bond acceptors (Lipinski definition) is 5. The molecule has 0 unspecified atom stereocenters. The van der Waals surface area contributed by atoms with E-state index in [-0.39, 0.29) is 29.7 Å². The van der Waals surface area contributed by atoms with Crippen molar-refractivity contribution >= 4 is 39.0 Å². The Morgan fingerprint density at radius 2 is 1.94 bits per heavy atom. The summed E-state index contributed by atoms with van der Waals surface area (Å²) in [6.07, 6.45) is 1.54. The van der Waals surface area contributed by atoms with E-state index in [1.165, 1.54) is 12.1 Å². The van der Waals surface area contributed by atoms with Crippen LogP contribution < -0.4 is 14.9 Å². The molecule has 0 radical (unpaired) electrons. The molecule has 162 valence electrons. The average Bonchev–Trinajstić information content (AvgIpc) is 3.38. The fourth-order valence-corrected chi connectivity index (χ4v) is 4.81. The van der Waals surface area contributed by atoms with Crippen molar-refractivity contribution in [3.63, 3.8) is 0 Å². The highest BCUT2D eigenvalue weighted by atomic mass is 32.2. The van der Waals surface area contributed by atoms with Crippen LogP contribution in [0.15, 0.2) is 58.4 Å². The third-order valence-electron chi connectivity index (χ3n) is 5.38. The Morgan fingerprint density at radius 1 is 1.16 bits per heavy atom. The lowest BCUT2D eigenvalue weighted by Gasteiger charge is -2.17. The van der Waals surface area contributed by atoms with Crippen molar-refractivity contribution in [2.24, 2.45) is 10.9 Å². The van der Waals surface area contributed by atoms with Crippen LogP contribution in [0.25, 0.3) is 0 Å². The van der Waals surface area contributed by atoms with Crippen molar-refractivity contribution < 1.29 is 18.0 Å². The van der Waals surface area contributed by atoms with Crippen molar-refractivity contribution in [2.45, 2.75) is 31.1 Å². The van der Waals surface area contributed by atoms with Crippen LogP contribution in [-0.4, -0.2) is 39.2 Å². The maximum atomic E-state index is 12.8. The summed E-state index contributed by atoms with van der Waals surface area (Å²) < 4.78 is 27.7. The first kappa shape index (κ1) is 21.0. The second-order valence-electron chi connectivity index (χ2n) is 7.80. The lowest BCUT2D eigenvalue weighted by Crippen LogP contribution is -2.29. The SMILES string of the molecule is Cc1ccc(N2C[C@H](C(=O)Nc3cccc(S(=O)(=O)NC4=NCCC4)c3)CC2=O)cc1. The maximum absolute atomic E-state index is 12.8. The summed E-state index contributed by atoms with van der Waals surface area (Å²) in [5, 5.41) is 2.75. The smallest absolute Gasteiger partial charge is 0.262 e. The molecule has 2 N–H and O–H groups in total. The van der Waals surface area contributed by atoms with Crippen LogP contribution in [0.3, 0.4) is 0 Å². The zero-order valence-corrected chi connectivity index (χ0v) is 18.0. The molecule has 0 saturated carbocycles. The van der Waals surface area contributed by atoms with E-state index in [1.54, 1.807) is 17.0 Å². The topological polar surface area (TPSA) is 108 Å². The van der Waals surface area contributed by atoms with Gasteiger partial charge in [0.25, 0.3) is 10.0 Å². The predicted octanol–water partition coefficient (Wildman–Crippen LogP) is 2.46. The van der Waals surface area contributed by atoms with Gasteiger partial charge in [0.05, 0.1) is 10.8 Å². The van der Waals surface area contributed by atoms with Crippen molar-refractivity contribution in [3.05, 3.63) is 54.1 Å². The van der Waals surface area contributed by atoms with Gasteiger partial charge in [-0.1, -0.05) is 23.8 Å². The summed E-state index contributed by atoms with van der Waals surface area (Å²) in [6, 6.07) is 13.6. The Labute approximate surface area is 181 Å². The quantitative estimate of drug-likeness (QED) is 0.744. The molecular formula is C22H24N4O4S. The van der Waals surface area contributed by atoms with E-state index in [1.807, 2.05) is 31.2 Å². The molecule has 9 heteroatoms. The van der Waals surface area contributed by atoms with E-state index in [0.29, 0.717) is 24.5 Å². The van der Waals surface area contributed by atoms with Crippen LogP contribution in [0.2, 0.25) is 0 Å². The van der Waals surface area contributed by atoms with Crippen LogP contribution in [0, 0.1) is 12.8 Å². The highest BCUT2D eigenvalue weighted by Gasteiger charge is 2.35. The van der Waals surface area contributed by atoms with Gasteiger partial charge in [-0.3, -0.25) is 19.3 Å².